The monoisotopic (exact) mass is 274 g/mol. The molecule has 2 atom stereocenters. The van der Waals surface area contributed by atoms with Crippen molar-refractivity contribution in [3.05, 3.63) is 35.4 Å². The fraction of sp³-hybridized carbons (Fsp3) is 0.562. The van der Waals surface area contributed by atoms with Crippen molar-refractivity contribution in [1.82, 2.24) is 5.32 Å². The fourth-order valence-corrected chi connectivity index (χ4v) is 2.85. The highest BCUT2D eigenvalue weighted by Gasteiger charge is 2.26. The molecule has 1 aromatic rings. The summed E-state index contributed by atoms with van der Waals surface area (Å²) in [6.45, 7) is 1.51. The highest BCUT2D eigenvalue weighted by Crippen LogP contribution is 2.40. The van der Waals surface area contributed by atoms with Gasteiger partial charge in [-0.05, 0) is 42.7 Å². The zero-order valence-electron chi connectivity index (χ0n) is 11.7. The smallest absolute Gasteiger partial charge is 0.239 e. The predicted molar refractivity (Wildman–Crippen MR) is 77.3 cm³/mol. The molecule has 1 saturated heterocycles. The second-order valence-electron chi connectivity index (χ2n) is 5.82. The summed E-state index contributed by atoms with van der Waals surface area (Å²) in [6, 6.07) is 7.84. The first-order valence-corrected chi connectivity index (χ1v) is 7.48. The van der Waals surface area contributed by atoms with Gasteiger partial charge in [0.25, 0.3) is 0 Å². The minimum absolute atomic E-state index is 0.212. The third-order valence-electron chi connectivity index (χ3n) is 4.15. The highest BCUT2D eigenvalue weighted by atomic mass is 16.5. The first-order valence-electron chi connectivity index (χ1n) is 7.48. The molecule has 0 aromatic heterocycles. The van der Waals surface area contributed by atoms with E-state index in [2.05, 4.69) is 17.4 Å². The van der Waals surface area contributed by atoms with Crippen molar-refractivity contribution in [1.29, 1.82) is 0 Å². The standard InChI is InChI=1S/C16H22N2O2/c17-16(19)15(18-10-14-5-2-8-20-14)13-4-1-3-12(9-13)11-6-7-11/h1,3-4,9,11,14-15,18H,2,5-8,10H2,(H2,17,19). The number of benzene rings is 1. The van der Waals surface area contributed by atoms with Gasteiger partial charge in [0.2, 0.25) is 5.91 Å². The quantitative estimate of drug-likeness (QED) is 0.832. The zero-order valence-corrected chi connectivity index (χ0v) is 11.7. The summed E-state index contributed by atoms with van der Waals surface area (Å²) in [5.41, 5.74) is 7.85. The Kier molecular flexibility index (Phi) is 4.03. The molecule has 108 valence electrons. The lowest BCUT2D eigenvalue weighted by Gasteiger charge is -2.19. The van der Waals surface area contributed by atoms with Gasteiger partial charge in [-0.15, -0.1) is 0 Å². The van der Waals surface area contributed by atoms with Crippen LogP contribution < -0.4 is 11.1 Å². The van der Waals surface area contributed by atoms with E-state index >= 15 is 0 Å². The van der Waals surface area contributed by atoms with Gasteiger partial charge in [-0.2, -0.15) is 0 Å². The van der Waals surface area contributed by atoms with E-state index in [-0.39, 0.29) is 12.0 Å². The lowest BCUT2D eigenvalue weighted by atomic mass is 10.0. The molecule has 1 saturated carbocycles. The second-order valence-corrected chi connectivity index (χ2v) is 5.82. The van der Waals surface area contributed by atoms with Gasteiger partial charge in [0.05, 0.1) is 6.10 Å². The van der Waals surface area contributed by atoms with Crippen LogP contribution in [-0.4, -0.2) is 25.2 Å². The van der Waals surface area contributed by atoms with Crippen LogP contribution in [0.4, 0.5) is 0 Å². The number of nitrogens with two attached hydrogens (primary N) is 1. The van der Waals surface area contributed by atoms with Crippen LogP contribution in [0.1, 0.15) is 48.8 Å². The number of hydrogen-bond donors (Lipinski definition) is 2. The van der Waals surface area contributed by atoms with Gasteiger partial charge >= 0.3 is 0 Å². The van der Waals surface area contributed by atoms with Crippen molar-refractivity contribution in [2.24, 2.45) is 5.73 Å². The third-order valence-corrected chi connectivity index (χ3v) is 4.15. The Labute approximate surface area is 119 Å². The molecule has 0 bridgehead atoms. The highest BCUT2D eigenvalue weighted by molar-refractivity contribution is 5.81. The van der Waals surface area contributed by atoms with Crippen molar-refractivity contribution >= 4 is 5.91 Å². The molecular formula is C16H22N2O2. The average Bonchev–Trinajstić information content (AvgIpc) is 3.17. The van der Waals surface area contributed by atoms with E-state index in [1.165, 1.54) is 18.4 Å². The molecule has 2 unspecified atom stereocenters. The fourth-order valence-electron chi connectivity index (χ4n) is 2.85. The van der Waals surface area contributed by atoms with Crippen LogP contribution in [0.2, 0.25) is 0 Å². The molecule has 3 rings (SSSR count). The Morgan fingerprint density at radius 1 is 1.40 bits per heavy atom. The molecule has 1 aliphatic carbocycles. The number of amides is 1. The first kappa shape index (κ1) is 13.6. The van der Waals surface area contributed by atoms with Gasteiger partial charge in [0.15, 0.2) is 0 Å². The van der Waals surface area contributed by atoms with Gasteiger partial charge in [-0.25, -0.2) is 0 Å². The van der Waals surface area contributed by atoms with E-state index in [9.17, 15) is 4.79 Å². The summed E-state index contributed by atoms with van der Waals surface area (Å²) in [5.74, 6) is 0.359. The van der Waals surface area contributed by atoms with Gasteiger partial charge in [-0.1, -0.05) is 24.3 Å². The number of carbonyl (C=O) groups excluding carboxylic acids is 1. The lowest BCUT2D eigenvalue weighted by Crippen LogP contribution is -2.37. The van der Waals surface area contributed by atoms with E-state index in [1.807, 2.05) is 12.1 Å². The van der Waals surface area contributed by atoms with Gasteiger partial charge in [0.1, 0.15) is 6.04 Å². The number of hydrogen-bond acceptors (Lipinski definition) is 3. The molecule has 4 nitrogen and oxygen atoms in total. The lowest BCUT2D eigenvalue weighted by molar-refractivity contribution is -0.120. The number of primary amides is 1. The van der Waals surface area contributed by atoms with E-state index in [0.29, 0.717) is 12.5 Å². The Morgan fingerprint density at radius 3 is 2.90 bits per heavy atom. The van der Waals surface area contributed by atoms with Gasteiger partial charge < -0.3 is 10.5 Å². The molecule has 1 aliphatic heterocycles. The van der Waals surface area contributed by atoms with Crippen molar-refractivity contribution < 1.29 is 9.53 Å². The molecule has 1 amide bonds. The van der Waals surface area contributed by atoms with Crippen LogP contribution in [0.5, 0.6) is 0 Å². The summed E-state index contributed by atoms with van der Waals surface area (Å²) in [4.78, 5) is 11.7. The summed E-state index contributed by atoms with van der Waals surface area (Å²) in [7, 11) is 0. The van der Waals surface area contributed by atoms with Crippen LogP contribution >= 0.6 is 0 Å². The maximum atomic E-state index is 11.7. The van der Waals surface area contributed by atoms with E-state index in [4.69, 9.17) is 10.5 Å². The zero-order chi connectivity index (χ0) is 13.9. The molecular weight excluding hydrogens is 252 g/mol. The normalized spacial score (nSPS) is 23.7. The van der Waals surface area contributed by atoms with Crippen molar-refractivity contribution in [3.63, 3.8) is 0 Å². The van der Waals surface area contributed by atoms with E-state index in [1.54, 1.807) is 0 Å². The summed E-state index contributed by atoms with van der Waals surface area (Å²) in [6.07, 6.45) is 4.89. The maximum absolute atomic E-state index is 11.7. The Balaban J connectivity index is 1.68. The number of ether oxygens (including phenoxy) is 1. The number of carbonyl (C=O) groups is 1. The number of nitrogens with one attached hydrogen (secondary N) is 1. The number of rotatable bonds is 6. The molecule has 0 radical (unpaired) electrons. The Bertz CT molecular complexity index is 479. The summed E-state index contributed by atoms with van der Waals surface area (Å²) in [5, 5.41) is 3.26. The molecule has 1 aromatic carbocycles. The molecule has 1 heterocycles. The average molecular weight is 274 g/mol. The van der Waals surface area contributed by atoms with Gasteiger partial charge in [0, 0.05) is 13.2 Å². The van der Waals surface area contributed by atoms with Crippen molar-refractivity contribution in [2.75, 3.05) is 13.2 Å². The Hall–Kier alpha value is -1.39. The summed E-state index contributed by atoms with van der Waals surface area (Å²) >= 11 is 0. The largest absolute Gasteiger partial charge is 0.377 e. The van der Waals surface area contributed by atoms with Crippen LogP contribution in [0.25, 0.3) is 0 Å². The minimum Gasteiger partial charge on any atom is -0.377 e. The molecule has 20 heavy (non-hydrogen) atoms. The van der Waals surface area contributed by atoms with Crippen LogP contribution in [0, 0.1) is 0 Å². The minimum atomic E-state index is -0.419. The SMILES string of the molecule is NC(=O)C(NCC1CCCO1)c1cccc(C2CC2)c1. The molecule has 4 heteroatoms. The molecule has 2 aliphatic rings. The topological polar surface area (TPSA) is 64.4 Å². The van der Waals surface area contributed by atoms with E-state index in [0.717, 1.165) is 25.0 Å². The van der Waals surface area contributed by atoms with Crippen LogP contribution in [0.15, 0.2) is 24.3 Å². The third kappa shape index (κ3) is 3.19. The van der Waals surface area contributed by atoms with Crippen LogP contribution in [0.3, 0.4) is 0 Å². The predicted octanol–water partition coefficient (Wildman–Crippen LogP) is 1.86. The Morgan fingerprint density at radius 2 is 2.25 bits per heavy atom. The van der Waals surface area contributed by atoms with Crippen molar-refractivity contribution in [2.45, 2.75) is 43.7 Å². The van der Waals surface area contributed by atoms with Crippen LogP contribution in [-0.2, 0) is 9.53 Å². The second kappa shape index (κ2) is 5.94. The van der Waals surface area contributed by atoms with Crippen molar-refractivity contribution in [3.8, 4) is 0 Å². The molecule has 2 fully saturated rings. The first-order chi connectivity index (χ1) is 9.74. The maximum Gasteiger partial charge on any atom is 0.239 e. The van der Waals surface area contributed by atoms with Gasteiger partial charge in [-0.3, -0.25) is 10.1 Å². The summed E-state index contributed by atoms with van der Waals surface area (Å²) < 4.78 is 5.58. The molecule has 0 spiro atoms. The van der Waals surface area contributed by atoms with E-state index < -0.39 is 6.04 Å². The molecule has 3 N–H and O–H groups in total.